The van der Waals surface area contributed by atoms with Crippen molar-refractivity contribution in [1.82, 2.24) is 15.6 Å². The molecule has 1 aromatic carbocycles. The lowest BCUT2D eigenvalue weighted by molar-refractivity contribution is -0.117. The maximum Gasteiger partial charge on any atom is 0.407 e. The molecular weight excluding hydrogens is 478 g/mol. The number of amides is 2. The number of thiophene rings is 1. The number of benzene rings is 1. The van der Waals surface area contributed by atoms with E-state index in [2.05, 4.69) is 15.6 Å². The molecule has 2 aromatic heterocycles. The molecule has 0 saturated carbocycles. The normalized spacial score (nSPS) is 12.3. The van der Waals surface area contributed by atoms with E-state index in [9.17, 15) is 14.4 Å². The first-order valence-electron chi connectivity index (χ1n) is 10.7. The van der Waals surface area contributed by atoms with E-state index < -0.39 is 17.8 Å². The molecule has 1 atom stereocenters. The number of hydrogen-bond donors (Lipinski definition) is 2. The van der Waals surface area contributed by atoms with Gasteiger partial charge >= 0.3 is 11.7 Å². The van der Waals surface area contributed by atoms with Crippen molar-refractivity contribution in [3.8, 4) is 0 Å². The molecule has 2 heterocycles. The number of hydrogen-bond acceptors (Lipinski definition) is 7. The van der Waals surface area contributed by atoms with E-state index in [1.807, 2.05) is 26.8 Å². The number of halogens is 1. The van der Waals surface area contributed by atoms with E-state index in [1.165, 1.54) is 17.4 Å². The number of ether oxygens (including phenoxy) is 1. The van der Waals surface area contributed by atoms with Crippen molar-refractivity contribution in [2.45, 2.75) is 46.2 Å². The first kappa shape index (κ1) is 25.5. The van der Waals surface area contributed by atoms with Crippen LogP contribution in [-0.2, 0) is 16.0 Å². The Balaban J connectivity index is 1.70. The lowest BCUT2D eigenvalue weighted by Gasteiger charge is -2.10. The Morgan fingerprint density at radius 2 is 1.97 bits per heavy atom. The van der Waals surface area contributed by atoms with Crippen molar-refractivity contribution in [1.29, 1.82) is 0 Å². The van der Waals surface area contributed by atoms with Crippen LogP contribution in [0.25, 0.3) is 16.3 Å². The molecule has 3 aromatic rings. The summed E-state index contributed by atoms with van der Waals surface area (Å²) in [5.74, 6) is -0.269. The molecule has 34 heavy (non-hydrogen) atoms. The molecular formula is C24H26ClN3O5S. The third-order valence-corrected chi connectivity index (χ3v) is 6.45. The second kappa shape index (κ2) is 11.3. The minimum atomic E-state index is -0.630. The van der Waals surface area contributed by atoms with Crippen molar-refractivity contribution in [2.75, 3.05) is 6.61 Å². The quantitative estimate of drug-likeness (QED) is 0.428. The number of carbonyl (C=O) groups excluding carboxylic acids is 2. The third-order valence-electron chi connectivity index (χ3n) is 4.86. The fraction of sp³-hybridized carbons (Fsp3) is 0.333. The molecule has 8 nitrogen and oxygen atoms in total. The molecule has 0 bridgehead atoms. The molecule has 0 aliphatic carbocycles. The monoisotopic (exact) mass is 503 g/mol. The molecule has 0 fully saturated rings. The number of nitrogens with one attached hydrogen (secondary N) is 2. The second-order valence-corrected chi connectivity index (χ2v) is 9.43. The second-order valence-electron chi connectivity index (χ2n) is 7.94. The summed E-state index contributed by atoms with van der Waals surface area (Å²) in [4.78, 5) is 42.5. The smallest absolute Gasteiger partial charge is 0.407 e. The van der Waals surface area contributed by atoms with E-state index in [0.717, 1.165) is 10.4 Å². The van der Waals surface area contributed by atoms with Crippen LogP contribution in [0.15, 0.2) is 39.6 Å². The zero-order valence-corrected chi connectivity index (χ0v) is 20.9. The van der Waals surface area contributed by atoms with Crippen LogP contribution in [0.4, 0.5) is 4.79 Å². The lowest BCUT2D eigenvalue weighted by Crippen LogP contribution is -2.31. The highest BCUT2D eigenvalue weighted by Crippen LogP contribution is 2.28. The van der Waals surface area contributed by atoms with E-state index >= 15 is 0 Å². The zero-order valence-electron chi connectivity index (χ0n) is 19.3. The average molecular weight is 504 g/mol. The van der Waals surface area contributed by atoms with Crippen molar-refractivity contribution in [2.24, 2.45) is 0 Å². The molecule has 180 valence electrons. The molecule has 0 aliphatic heterocycles. The van der Waals surface area contributed by atoms with Crippen molar-refractivity contribution < 1.29 is 18.7 Å². The topological polar surface area (TPSA) is 111 Å². The van der Waals surface area contributed by atoms with Gasteiger partial charge in [0.2, 0.25) is 11.8 Å². The summed E-state index contributed by atoms with van der Waals surface area (Å²) >= 11 is 7.43. The van der Waals surface area contributed by atoms with E-state index in [4.69, 9.17) is 20.8 Å². The highest BCUT2D eigenvalue weighted by atomic mass is 35.5. The predicted octanol–water partition coefficient (Wildman–Crippen LogP) is 4.78. The Labute approximate surface area is 206 Å². The van der Waals surface area contributed by atoms with Gasteiger partial charge in [-0.15, -0.1) is 11.3 Å². The molecule has 0 radical (unpaired) electrons. The predicted molar refractivity (Wildman–Crippen MR) is 133 cm³/mol. The third kappa shape index (κ3) is 6.45. The maximum atomic E-state index is 12.6. The van der Waals surface area contributed by atoms with Crippen LogP contribution in [0.3, 0.4) is 0 Å². The van der Waals surface area contributed by atoms with E-state index in [1.54, 1.807) is 31.2 Å². The summed E-state index contributed by atoms with van der Waals surface area (Å²) in [7, 11) is 0. The first-order chi connectivity index (χ1) is 16.2. The van der Waals surface area contributed by atoms with Gasteiger partial charge in [-0.25, -0.2) is 14.6 Å². The summed E-state index contributed by atoms with van der Waals surface area (Å²) in [6.07, 6.45) is 2.93. The van der Waals surface area contributed by atoms with Gasteiger partial charge < -0.3 is 19.8 Å². The zero-order chi connectivity index (χ0) is 24.8. The van der Waals surface area contributed by atoms with Gasteiger partial charge in [-0.05, 0) is 51.0 Å². The van der Waals surface area contributed by atoms with Crippen LogP contribution in [0.2, 0.25) is 5.02 Å². The summed E-state index contributed by atoms with van der Waals surface area (Å²) in [6.45, 7) is 7.36. The summed E-state index contributed by atoms with van der Waals surface area (Å²) in [6, 6.07) is 6.51. The largest absolute Gasteiger partial charge is 0.449 e. The molecule has 0 spiro atoms. The molecule has 2 amide bonds. The molecule has 0 aliphatic rings. The van der Waals surface area contributed by atoms with Gasteiger partial charge in [0.1, 0.15) is 16.3 Å². The Hall–Kier alpha value is -3.17. The average Bonchev–Trinajstić information content (AvgIpc) is 3.08. The van der Waals surface area contributed by atoms with Crippen LogP contribution >= 0.6 is 22.9 Å². The summed E-state index contributed by atoms with van der Waals surface area (Å²) in [5, 5.41) is 6.32. The van der Waals surface area contributed by atoms with Crippen LogP contribution in [-0.4, -0.2) is 29.6 Å². The van der Waals surface area contributed by atoms with Gasteiger partial charge in [-0.3, -0.25) is 4.79 Å². The Kier molecular flexibility index (Phi) is 8.46. The van der Waals surface area contributed by atoms with Gasteiger partial charge in [0.15, 0.2) is 0 Å². The van der Waals surface area contributed by atoms with Crippen LogP contribution < -0.4 is 16.3 Å². The highest BCUT2D eigenvalue weighted by molar-refractivity contribution is 7.18. The number of nitrogens with zero attached hydrogens (tertiary/aromatic N) is 1. The standard InChI is InChI=1S/C24H26ClN3O5S/c1-13(2)26-24(31)32-12-11-18-14(3)20-22(34-18)28-21(33-23(20)30)15(4)27-19(29)10-9-16-7-5-6-8-17(16)25/h5-10,13,15H,11-12H2,1-4H3,(H,26,31)(H,27,29)/t15-/m0/s1. The molecule has 0 saturated heterocycles. The molecule has 10 heteroatoms. The maximum absolute atomic E-state index is 12.6. The molecule has 2 N–H and O–H groups in total. The van der Waals surface area contributed by atoms with Gasteiger partial charge in [-0.2, -0.15) is 0 Å². The molecule has 3 rings (SSSR count). The number of carbonyl (C=O) groups is 2. The number of aryl methyl sites for hydroxylation is 1. The first-order valence-corrected chi connectivity index (χ1v) is 11.9. The van der Waals surface area contributed by atoms with Crippen LogP contribution in [0.1, 0.15) is 48.7 Å². The Bertz CT molecular complexity index is 1280. The van der Waals surface area contributed by atoms with Gasteiger partial charge in [0.05, 0.1) is 6.61 Å². The van der Waals surface area contributed by atoms with Crippen LogP contribution in [0, 0.1) is 6.92 Å². The summed E-state index contributed by atoms with van der Waals surface area (Å²) in [5.41, 5.74) is 0.941. The number of fused-ring (bicyclic) bond motifs is 1. The number of aromatic nitrogens is 1. The Morgan fingerprint density at radius 1 is 1.24 bits per heavy atom. The van der Waals surface area contributed by atoms with Gasteiger partial charge in [0, 0.05) is 28.4 Å². The Morgan fingerprint density at radius 3 is 2.68 bits per heavy atom. The van der Waals surface area contributed by atoms with Crippen molar-refractivity contribution >= 4 is 51.2 Å². The van der Waals surface area contributed by atoms with Gasteiger partial charge in [-0.1, -0.05) is 29.8 Å². The SMILES string of the molecule is Cc1c(CCOC(=O)NC(C)C)sc2nc([C@H](C)NC(=O)C=Cc3ccccc3Cl)oc(=O)c12. The summed E-state index contributed by atoms with van der Waals surface area (Å²) < 4.78 is 10.6. The van der Waals surface area contributed by atoms with E-state index in [-0.39, 0.29) is 24.4 Å². The van der Waals surface area contributed by atoms with Gasteiger partial charge in [0.25, 0.3) is 0 Å². The van der Waals surface area contributed by atoms with E-state index in [0.29, 0.717) is 27.2 Å². The lowest BCUT2D eigenvalue weighted by atomic mass is 10.2. The molecule has 0 unspecified atom stereocenters. The fourth-order valence-electron chi connectivity index (χ4n) is 3.17. The minimum Gasteiger partial charge on any atom is -0.449 e. The highest BCUT2D eigenvalue weighted by Gasteiger charge is 2.19. The van der Waals surface area contributed by atoms with Crippen molar-refractivity contribution in [3.05, 3.63) is 67.7 Å². The van der Waals surface area contributed by atoms with Crippen LogP contribution in [0.5, 0.6) is 0 Å². The number of alkyl carbamates (subject to hydrolysis) is 1. The van der Waals surface area contributed by atoms with Crippen molar-refractivity contribution in [3.63, 3.8) is 0 Å². The minimum absolute atomic E-state index is 0.0140. The number of rotatable bonds is 8. The fourth-order valence-corrected chi connectivity index (χ4v) is 4.52.